The molecule has 11 heteroatoms. The zero-order valence-corrected chi connectivity index (χ0v) is 27.2. The normalized spacial score (nSPS) is 20.1. The summed E-state index contributed by atoms with van der Waals surface area (Å²) < 4.78 is 6.42. The minimum atomic E-state index is -0.245. The number of hydrogen-bond donors (Lipinski definition) is 1. The number of amides is 1. The van der Waals surface area contributed by atoms with Crippen molar-refractivity contribution in [1.29, 1.82) is 0 Å². The topological polar surface area (TPSA) is 95.4 Å². The highest BCUT2D eigenvalue weighted by Gasteiger charge is 2.35. The molecule has 6 rings (SSSR count). The van der Waals surface area contributed by atoms with Crippen LogP contribution >= 0.6 is 11.6 Å². The summed E-state index contributed by atoms with van der Waals surface area (Å²) in [7, 11) is 0. The maximum atomic E-state index is 12.6. The van der Waals surface area contributed by atoms with E-state index in [0.29, 0.717) is 44.8 Å². The molecule has 4 heterocycles. The monoisotopic (exact) mass is 642 g/mol. The minimum absolute atomic E-state index is 0.140. The zero-order chi connectivity index (χ0) is 32.0. The Morgan fingerprint density at radius 1 is 1.11 bits per heavy atom. The zero-order valence-electron chi connectivity index (χ0n) is 26.4. The Labute approximate surface area is 276 Å². The van der Waals surface area contributed by atoms with Gasteiger partial charge in [-0.15, -0.1) is 0 Å². The molecule has 0 bridgehead atoms. The largest absolute Gasteiger partial charge is 0.462 e. The number of unbranched alkanes of at least 4 members (excludes halogenated alkanes) is 1. The molecule has 2 atom stereocenters. The lowest BCUT2D eigenvalue weighted by molar-refractivity contribution is -0.128. The molecule has 0 unspecified atom stereocenters. The number of nitrogens with two attached hydrogens (primary N) is 1. The van der Waals surface area contributed by atoms with Gasteiger partial charge in [-0.1, -0.05) is 42.4 Å². The van der Waals surface area contributed by atoms with E-state index in [9.17, 15) is 4.79 Å². The summed E-state index contributed by atoms with van der Waals surface area (Å²) in [6.07, 6.45) is 6.45. The summed E-state index contributed by atoms with van der Waals surface area (Å²) in [6.45, 7) is 17.8. The standard InChI is InChI=1S/C35H43ClN8O2/c1-3-32(45)44-20-19-43(22-27(44)21-38-2)34-28-14-18-42(31-13-7-10-25-9-6-12-29(36)33(25)31)23-30(28)39-35(40-34)46-24-26-11-8-17-41(26)16-5-4-15-37/h3,6-7,9-10,12-13,26-27H,1,4-5,8,11,14-24,37H2/t26-,27-/m0/s1. The maximum absolute atomic E-state index is 12.6. The second-order valence-corrected chi connectivity index (χ2v) is 12.8. The number of aromatic nitrogens is 2. The fourth-order valence-corrected chi connectivity index (χ4v) is 7.46. The van der Waals surface area contributed by atoms with Crippen molar-refractivity contribution in [2.24, 2.45) is 5.73 Å². The fourth-order valence-electron chi connectivity index (χ4n) is 7.18. The Hall–Kier alpha value is -3.91. The van der Waals surface area contributed by atoms with Gasteiger partial charge in [0.2, 0.25) is 12.5 Å². The number of likely N-dealkylation sites (tertiary alicyclic amines) is 1. The van der Waals surface area contributed by atoms with Gasteiger partial charge in [-0.3, -0.25) is 9.69 Å². The van der Waals surface area contributed by atoms with Crippen LogP contribution in [-0.2, 0) is 17.8 Å². The molecule has 2 fully saturated rings. The van der Waals surface area contributed by atoms with Crippen LogP contribution in [0.2, 0.25) is 5.02 Å². The summed E-state index contributed by atoms with van der Waals surface area (Å²) >= 11 is 6.73. The van der Waals surface area contributed by atoms with Crippen LogP contribution in [0.4, 0.5) is 11.5 Å². The molecule has 2 saturated heterocycles. The second-order valence-electron chi connectivity index (χ2n) is 12.4. The second kappa shape index (κ2) is 14.7. The molecule has 0 spiro atoms. The first-order valence-corrected chi connectivity index (χ1v) is 16.8. The average molecular weight is 643 g/mol. The Kier molecular flexibility index (Phi) is 10.2. The van der Waals surface area contributed by atoms with Crippen molar-refractivity contribution in [1.82, 2.24) is 19.8 Å². The number of rotatable bonds is 11. The molecule has 2 N–H and O–H groups in total. The van der Waals surface area contributed by atoms with Crippen LogP contribution in [0.5, 0.6) is 6.01 Å². The van der Waals surface area contributed by atoms with E-state index >= 15 is 0 Å². The van der Waals surface area contributed by atoms with E-state index < -0.39 is 0 Å². The van der Waals surface area contributed by atoms with E-state index in [1.165, 1.54) is 6.08 Å². The smallest absolute Gasteiger partial charge is 0.318 e. The fraction of sp³-hybridized carbons (Fsp3) is 0.486. The third-order valence-corrected chi connectivity index (χ3v) is 9.86. The van der Waals surface area contributed by atoms with Crippen molar-refractivity contribution in [3.63, 3.8) is 0 Å². The molecule has 2 aromatic carbocycles. The molecule has 242 valence electrons. The number of carbonyl (C=O) groups excluding carboxylic acids is 1. The molecular formula is C35H43ClN8O2. The molecular weight excluding hydrogens is 600 g/mol. The molecule has 0 radical (unpaired) electrons. The molecule has 3 aromatic rings. The third kappa shape index (κ3) is 6.77. The third-order valence-electron chi connectivity index (χ3n) is 9.54. The molecule has 3 aliphatic rings. The lowest BCUT2D eigenvalue weighted by Crippen LogP contribution is -2.56. The molecule has 10 nitrogen and oxygen atoms in total. The van der Waals surface area contributed by atoms with E-state index in [1.807, 2.05) is 12.1 Å². The number of anilines is 2. The Bertz CT molecular complexity index is 1600. The predicted octanol–water partition coefficient (Wildman–Crippen LogP) is 4.55. The Morgan fingerprint density at radius 2 is 1.96 bits per heavy atom. The van der Waals surface area contributed by atoms with E-state index in [4.69, 9.17) is 38.6 Å². The highest BCUT2D eigenvalue weighted by atomic mass is 35.5. The highest BCUT2D eigenvalue weighted by Crippen LogP contribution is 2.37. The van der Waals surface area contributed by atoms with Gasteiger partial charge in [0, 0.05) is 48.9 Å². The van der Waals surface area contributed by atoms with Crippen LogP contribution in [0, 0.1) is 6.57 Å². The number of nitrogens with zero attached hydrogens (tertiary/aromatic N) is 7. The SMILES string of the molecule is [C-]#[N+]C[C@H]1CN(c2nc(OC[C@@H]3CCCN3CCCCN)nc3c2CCN(c2cccc4cccc(Cl)c24)C3)CCN1C(=O)C=C. The van der Waals surface area contributed by atoms with Crippen molar-refractivity contribution in [2.75, 3.05) is 68.8 Å². The van der Waals surface area contributed by atoms with Crippen molar-refractivity contribution in [3.8, 4) is 6.01 Å². The van der Waals surface area contributed by atoms with E-state index in [-0.39, 0.29) is 18.5 Å². The van der Waals surface area contributed by atoms with Crippen molar-refractivity contribution >= 4 is 39.8 Å². The van der Waals surface area contributed by atoms with Crippen molar-refractivity contribution in [3.05, 3.63) is 76.8 Å². The van der Waals surface area contributed by atoms with E-state index in [2.05, 4.69) is 50.4 Å². The van der Waals surface area contributed by atoms with Gasteiger partial charge < -0.3 is 30.0 Å². The maximum Gasteiger partial charge on any atom is 0.318 e. The molecule has 46 heavy (non-hydrogen) atoms. The van der Waals surface area contributed by atoms with Gasteiger partial charge in [0.15, 0.2) is 0 Å². The van der Waals surface area contributed by atoms with Gasteiger partial charge in [0.1, 0.15) is 18.5 Å². The van der Waals surface area contributed by atoms with Crippen LogP contribution in [0.15, 0.2) is 49.1 Å². The number of halogens is 1. The first-order chi connectivity index (χ1) is 22.5. The van der Waals surface area contributed by atoms with E-state index in [0.717, 1.165) is 96.8 Å². The molecule has 0 aliphatic carbocycles. The number of ether oxygens (including phenoxy) is 1. The number of piperazine rings is 1. The molecule has 1 amide bonds. The van der Waals surface area contributed by atoms with Crippen LogP contribution < -0.4 is 20.3 Å². The van der Waals surface area contributed by atoms with Gasteiger partial charge in [0.05, 0.1) is 17.3 Å². The van der Waals surface area contributed by atoms with Crippen LogP contribution in [-0.4, -0.2) is 96.7 Å². The van der Waals surface area contributed by atoms with Gasteiger partial charge >= 0.3 is 6.01 Å². The average Bonchev–Trinajstić information content (AvgIpc) is 3.53. The minimum Gasteiger partial charge on any atom is -0.462 e. The van der Waals surface area contributed by atoms with Crippen LogP contribution in [0.1, 0.15) is 36.9 Å². The highest BCUT2D eigenvalue weighted by molar-refractivity contribution is 6.36. The van der Waals surface area contributed by atoms with Gasteiger partial charge in [0.25, 0.3) is 0 Å². The lowest BCUT2D eigenvalue weighted by Gasteiger charge is -2.41. The van der Waals surface area contributed by atoms with Crippen molar-refractivity contribution in [2.45, 2.75) is 50.7 Å². The predicted molar refractivity (Wildman–Crippen MR) is 184 cm³/mol. The Morgan fingerprint density at radius 3 is 2.76 bits per heavy atom. The van der Waals surface area contributed by atoms with Crippen molar-refractivity contribution < 1.29 is 9.53 Å². The number of carbonyl (C=O) groups is 1. The quantitative estimate of drug-likeness (QED) is 0.185. The van der Waals surface area contributed by atoms with Gasteiger partial charge in [-0.2, -0.15) is 9.97 Å². The lowest BCUT2D eigenvalue weighted by atomic mass is 10.0. The van der Waals surface area contributed by atoms with E-state index in [1.54, 1.807) is 4.90 Å². The number of fused-ring (bicyclic) bond motifs is 2. The molecule has 1 aromatic heterocycles. The van der Waals surface area contributed by atoms with Gasteiger partial charge in [-0.05, 0) is 75.3 Å². The number of hydrogen-bond acceptors (Lipinski definition) is 8. The molecule has 0 saturated carbocycles. The summed E-state index contributed by atoms with van der Waals surface area (Å²) in [5, 5.41) is 2.88. The first kappa shape index (κ1) is 32.0. The summed E-state index contributed by atoms with van der Waals surface area (Å²) in [5.41, 5.74) is 8.86. The summed E-state index contributed by atoms with van der Waals surface area (Å²) in [4.78, 5) is 35.1. The van der Waals surface area contributed by atoms with Crippen LogP contribution in [0.25, 0.3) is 15.6 Å². The van der Waals surface area contributed by atoms with Crippen LogP contribution in [0.3, 0.4) is 0 Å². The Balaban J connectivity index is 1.30. The molecule has 3 aliphatic heterocycles. The first-order valence-electron chi connectivity index (χ1n) is 16.4. The van der Waals surface area contributed by atoms with Gasteiger partial charge in [-0.25, -0.2) is 6.57 Å². The summed E-state index contributed by atoms with van der Waals surface area (Å²) in [5.74, 6) is 0.710. The number of benzene rings is 2. The summed E-state index contributed by atoms with van der Waals surface area (Å²) in [6, 6.07) is 12.8.